The fourth-order valence-electron chi connectivity index (χ4n) is 2.24. The highest BCUT2D eigenvalue weighted by molar-refractivity contribution is 5.73. The first-order valence-electron chi connectivity index (χ1n) is 6.07. The summed E-state index contributed by atoms with van der Waals surface area (Å²) in [4.78, 5) is 14.9. The van der Waals surface area contributed by atoms with E-state index in [1.165, 1.54) is 0 Å². The standard InChI is InChI=1S/C14H17N3O2/c1-9-6-11(7-13(15)14(18)19)10(2)17(9)12-4-3-5-16-8-12/h3-6,8,13H,7,15H2,1-2H3,(H,18,19). The zero-order valence-corrected chi connectivity index (χ0v) is 11.0. The molecule has 1 unspecified atom stereocenters. The third-order valence-corrected chi connectivity index (χ3v) is 3.20. The minimum absolute atomic E-state index is 0.329. The van der Waals surface area contributed by atoms with Gasteiger partial charge in [0.2, 0.25) is 0 Å². The quantitative estimate of drug-likeness (QED) is 0.870. The largest absolute Gasteiger partial charge is 0.480 e. The predicted octanol–water partition coefficient (Wildman–Crippen LogP) is 1.44. The molecule has 3 N–H and O–H groups in total. The van der Waals surface area contributed by atoms with Gasteiger partial charge in [0.05, 0.1) is 11.9 Å². The van der Waals surface area contributed by atoms with Crippen LogP contribution in [-0.4, -0.2) is 26.7 Å². The summed E-state index contributed by atoms with van der Waals surface area (Å²) in [6.07, 6.45) is 3.83. The molecule has 5 nitrogen and oxygen atoms in total. The number of aliphatic carboxylic acids is 1. The van der Waals surface area contributed by atoms with Crippen molar-refractivity contribution >= 4 is 5.97 Å². The molecule has 2 rings (SSSR count). The Labute approximate surface area is 111 Å². The summed E-state index contributed by atoms with van der Waals surface area (Å²) < 4.78 is 2.05. The van der Waals surface area contributed by atoms with E-state index in [4.69, 9.17) is 10.8 Å². The van der Waals surface area contributed by atoms with Gasteiger partial charge in [0.1, 0.15) is 6.04 Å². The van der Waals surface area contributed by atoms with E-state index in [-0.39, 0.29) is 0 Å². The zero-order valence-electron chi connectivity index (χ0n) is 11.0. The molecule has 0 saturated carbocycles. The molecule has 2 aromatic rings. The number of carboxylic acid groups (broad SMARTS) is 1. The highest BCUT2D eigenvalue weighted by Crippen LogP contribution is 2.21. The molecular weight excluding hydrogens is 242 g/mol. The number of pyridine rings is 1. The number of nitrogens with two attached hydrogens (primary N) is 1. The summed E-state index contributed by atoms with van der Waals surface area (Å²) in [7, 11) is 0. The van der Waals surface area contributed by atoms with Gasteiger partial charge in [-0.2, -0.15) is 0 Å². The van der Waals surface area contributed by atoms with Gasteiger partial charge in [0.25, 0.3) is 0 Å². The Bertz CT molecular complexity index is 590. The Morgan fingerprint density at radius 1 is 1.53 bits per heavy atom. The number of hydrogen-bond acceptors (Lipinski definition) is 3. The summed E-state index contributed by atoms with van der Waals surface area (Å²) in [6.45, 7) is 3.94. The minimum atomic E-state index is -0.980. The van der Waals surface area contributed by atoms with Crippen molar-refractivity contribution in [2.45, 2.75) is 26.3 Å². The SMILES string of the molecule is Cc1cc(CC(N)C(=O)O)c(C)n1-c1cccnc1. The number of aromatic nitrogens is 2. The predicted molar refractivity (Wildman–Crippen MR) is 72.4 cm³/mol. The summed E-state index contributed by atoms with van der Waals surface area (Å²) in [5, 5.41) is 8.89. The number of nitrogens with zero attached hydrogens (tertiary/aromatic N) is 2. The highest BCUT2D eigenvalue weighted by Gasteiger charge is 2.17. The van der Waals surface area contributed by atoms with Gasteiger partial charge < -0.3 is 15.4 Å². The minimum Gasteiger partial charge on any atom is -0.480 e. The Balaban J connectivity index is 2.38. The first-order chi connectivity index (χ1) is 9.00. The summed E-state index contributed by atoms with van der Waals surface area (Å²) in [6, 6.07) is 4.94. The van der Waals surface area contributed by atoms with Gasteiger partial charge in [0, 0.05) is 24.0 Å². The van der Waals surface area contributed by atoms with E-state index in [9.17, 15) is 4.79 Å². The molecule has 0 aliphatic heterocycles. The fraction of sp³-hybridized carbons (Fsp3) is 0.286. The van der Waals surface area contributed by atoms with Crippen molar-refractivity contribution in [3.8, 4) is 5.69 Å². The molecule has 0 radical (unpaired) electrons. The van der Waals surface area contributed by atoms with E-state index in [0.717, 1.165) is 22.6 Å². The number of rotatable bonds is 4. The van der Waals surface area contributed by atoms with Gasteiger partial charge >= 0.3 is 5.97 Å². The van der Waals surface area contributed by atoms with Crippen LogP contribution in [0, 0.1) is 13.8 Å². The monoisotopic (exact) mass is 259 g/mol. The van der Waals surface area contributed by atoms with Crippen molar-refractivity contribution in [3.05, 3.63) is 47.5 Å². The maximum absolute atomic E-state index is 10.8. The molecular formula is C14H17N3O2. The summed E-state index contributed by atoms with van der Waals surface area (Å²) >= 11 is 0. The Kier molecular flexibility index (Phi) is 3.66. The van der Waals surface area contributed by atoms with Crippen LogP contribution < -0.4 is 5.73 Å². The number of aryl methyl sites for hydroxylation is 1. The van der Waals surface area contributed by atoms with Crippen LogP contribution in [0.4, 0.5) is 0 Å². The van der Waals surface area contributed by atoms with Crippen molar-refractivity contribution < 1.29 is 9.90 Å². The van der Waals surface area contributed by atoms with Crippen molar-refractivity contribution in [2.75, 3.05) is 0 Å². The zero-order chi connectivity index (χ0) is 14.0. The van der Waals surface area contributed by atoms with Crippen molar-refractivity contribution in [3.63, 3.8) is 0 Å². The number of hydrogen-bond donors (Lipinski definition) is 2. The highest BCUT2D eigenvalue weighted by atomic mass is 16.4. The fourth-order valence-corrected chi connectivity index (χ4v) is 2.24. The average molecular weight is 259 g/mol. The van der Waals surface area contributed by atoms with Gasteiger partial charge in [-0.15, -0.1) is 0 Å². The molecule has 0 spiro atoms. The van der Waals surface area contributed by atoms with Crippen LogP contribution in [0.5, 0.6) is 0 Å². The molecule has 100 valence electrons. The smallest absolute Gasteiger partial charge is 0.320 e. The van der Waals surface area contributed by atoms with Crippen LogP contribution in [0.15, 0.2) is 30.6 Å². The molecule has 2 heterocycles. The van der Waals surface area contributed by atoms with E-state index < -0.39 is 12.0 Å². The Morgan fingerprint density at radius 3 is 2.84 bits per heavy atom. The van der Waals surface area contributed by atoms with E-state index >= 15 is 0 Å². The lowest BCUT2D eigenvalue weighted by molar-refractivity contribution is -0.138. The van der Waals surface area contributed by atoms with E-state index in [2.05, 4.69) is 9.55 Å². The molecule has 0 fully saturated rings. The van der Waals surface area contributed by atoms with Crippen LogP contribution in [-0.2, 0) is 11.2 Å². The lowest BCUT2D eigenvalue weighted by Gasteiger charge is -2.10. The normalized spacial score (nSPS) is 12.4. The molecule has 0 aliphatic rings. The topological polar surface area (TPSA) is 81.1 Å². The molecule has 0 aliphatic carbocycles. The van der Waals surface area contributed by atoms with Crippen LogP contribution >= 0.6 is 0 Å². The second-order valence-corrected chi connectivity index (χ2v) is 4.59. The molecule has 1 atom stereocenters. The van der Waals surface area contributed by atoms with Gasteiger partial charge in [-0.25, -0.2) is 0 Å². The summed E-state index contributed by atoms with van der Waals surface area (Å²) in [5.74, 6) is -0.980. The Morgan fingerprint density at radius 2 is 2.26 bits per heavy atom. The molecule has 0 bridgehead atoms. The second-order valence-electron chi connectivity index (χ2n) is 4.59. The van der Waals surface area contributed by atoms with Crippen LogP contribution in [0.25, 0.3) is 5.69 Å². The maximum Gasteiger partial charge on any atom is 0.320 e. The molecule has 2 aromatic heterocycles. The first kappa shape index (κ1) is 13.3. The summed E-state index contributed by atoms with van der Waals surface area (Å²) in [5.41, 5.74) is 9.56. The van der Waals surface area contributed by atoms with Gasteiger partial charge in [-0.3, -0.25) is 9.78 Å². The maximum atomic E-state index is 10.8. The van der Waals surface area contributed by atoms with Crippen LogP contribution in [0.2, 0.25) is 0 Å². The van der Waals surface area contributed by atoms with Gasteiger partial charge in [-0.05, 0) is 37.6 Å². The van der Waals surface area contributed by atoms with E-state index in [1.54, 1.807) is 12.4 Å². The molecule has 0 amide bonds. The lowest BCUT2D eigenvalue weighted by Crippen LogP contribution is -2.32. The van der Waals surface area contributed by atoms with Gasteiger partial charge in [-0.1, -0.05) is 0 Å². The third kappa shape index (κ3) is 2.66. The van der Waals surface area contributed by atoms with E-state index in [1.807, 2.05) is 32.0 Å². The van der Waals surface area contributed by atoms with Crippen molar-refractivity contribution in [2.24, 2.45) is 5.73 Å². The van der Waals surface area contributed by atoms with Crippen LogP contribution in [0.3, 0.4) is 0 Å². The van der Waals surface area contributed by atoms with Crippen LogP contribution in [0.1, 0.15) is 17.0 Å². The lowest BCUT2D eigenvalue weighted by atomic mass is 10.1. The molecule has 0 aromatic carbocycles. The van der Waals surface area contributed by atoms with Crippen molar-refractivity contribution in [1.82, 2.24) is 9.55 Å². The van der Waals surface area contributed by atoms with Gasteiger partial charge in [0.15, 0.2) is 0 Å². The number of carbonyl (C=O) groups is 1. The molecule has 5 heteroatoms. The Hall–Kier alpha value is -2.14. The molecule has 19 heavy (non-hydrogen) atoms. The number of carboxylic acids is 1. The van der Waals surface area contributed by atoms with E-state index in [0.29, 0.717) is 6.42 Å². The third-order valence-electron chi connectivity index (χ3n) is 3.20. The first-order valence-corrected chi connectivity index (χ1v) is 6.07. The van der Waals surface area contributed by atoms with Crippen molar-refractivity contribution in [1.29, 1.82) is 0 Å². The average Bonchev–Trinajstić information content (AvgIpc) is 2.65. The second kappa shape index (κ2) is 5.24. The molecule has 0 saturated heterocycles.